The molecule has 0 aliphatic rings. The maximum Gasteiger partial charge on any atom is 0.123 e. The van der Waals surface area contributed by atoms with E-state index in [-0.39, 0.29) is 6.61 Å². The van der Waals surface area contributed by atoms with Crippen LogP contribution in [-0.4, -0.2) is 19.9 Å². The van der Waals surface area contributed by atoms with Gasteiger partial charge in [0.25, 0.3) is 0 Å². The summed E-state index contributed by atoms with van der Waals surface area (Å²) in [5.74, 6) is 0.651. The van der Waals surface area contributed by atoms with Crippen LogP contribution in [0.1, 0.15) is 12.0 Å². The number of halogens is 1. The van der Waals surface area contributed by atoms with Gasteiger partial charge in [-0.05, 0) is 17.7 Å². The first kappa shape index (κ1) is 12.5. The fraction of sp³-hybridized carbons (Fsp3) is 0.417. The lowest BCUT2D eigenvalue weighted by atomic mass is 10.2. The Bertz CT molecular complexity index is 332. The molecule has 0 bridgehead atoms. The zero-order chi connectivity index (χ0) is 11.6. The molecule has 0 spiro atoms. The van der Waals surface area contributed by atoms with Crippen molar-refractivity contribution in [2.45, 2.75) is 13.0 Å². The van der Waals surface area contributed by atoms with Crippen LogP contribution in [0, 0.1) is 11.3 Å². The van der Waals surface area contributed by atoms with E-state index in [1.807, 2.05) is 18.2 Å². The summed E-state index contributed by atoms with van der Waals surface area (Å²) in [5.41, 5.74) is 1.01. The zero-order valence-corrected chi connectivity index (χ0v) is 8.99. The highest BCUT2D eigenvalue weighted by Gasteiger charge is 1.96. The molecule has 86 valence electrons. The van der Waals surface area contributed by atoms with Gasteiger partial charge in [-0.15, -0.1) is 0 Å². The van der Waals surface area contributed by atoms with Crippen LogP contribution < -0.4 is 4.74 Å². The third kappa shape index (κ3) is 4.76. The van der Waals surface area contributed by atoms with E-state index in [1.165, 1.54) is 0 Å². The van der Waals surface area contributed by atoms with E-state index in [2.05, 4.69) is 0 Å². The minimum atomic E-state index is -0.487. The molecule has 0 heterocycles. The van der Waals surface area contributed by atoms with Gasteiger partial charge in [-0.25, -0.2) is 4.39 Å². The summed E-state index contributed by atoms with van der Waals surface area (Å²) in [6.45, 7) is 0.513. The van der Waals surface area contributed by atoms with Crippen molar-refractivity contribution in [3.8, 4) is 11.8 Å². The van der Waals surface area contributed by atoms with Crippen LogP contribution in [0.3, 0.4) is 0 Å². The molecule has 0 saturated carbocycles. The number of benzene rings is 1. The molecule has 0 unspecified atom stereocenters. The van der Waals surface area contributed by atoms with E-state index >= 15 is 0 Å². The first-order valence-corrected chi connectivity index (χ1v) is 5.09. The average molecular weight is 223 g/mol. The van der Waals surface area contributed by atoms with E-state index in [0.29, 0.717) is 25.4 Å². The van der Waals surface area contributed by atoms with Gasteiger partial charge >= 0.3 is 0 Å². The van der Waals surface area contributed by atoms with Crippen LogP contribution in [0.5, 0.6) is 5.75 Å². The van der Waals surface area contributed by atoms with Crippen molar-refractivity contribution in [3.05, 3.63) is 29.8 Å². The molecule has 1 aromatic carbocycles. The Morgan fingerprint density at radius 3 is 2.56 bits per heavy atom. The number of nitriles is 1. The normalized spacial score (nSPS) is 9.75. The van der Waals surface area contributed by atoms with E-state index in [1.54, 1.807) is 12.1 Å². The molecule has 0 amide bonds. The van der Waals surface area contributed by atoms with Gasteiger partial charge in [-0.2, -0.15) is 5.26 Å². The van der Waals surface area contributed by atoms with Gasteiger partial charge in [0.1, 0.15) is 19.0 Å². The van der Waals surface area contributed by atoms with Crippen LogP contribution in [0.25, 0.3) is 0 Å². The molecule has 16 heavy (non-hydrogen) atoms. The lowest BCUT2D eigenvalue weighted by Gasteiger charge is -2.05. The average Bonchev–Trinajstić information content (AvgIpc) is 2.33. The predicted molar refractivity (Wildman–Crippen MR) is 57.8 cm³/mol. The second-order valence-corrected chi connectivity index (χ2v) is 3.14. The molecule has 4 heteroatoms. The summed E-state index contributed by atoms with van der Waals surface area (Å²) in [7, 11) is 0. The van der Waals surface area contributed by atoms with Crippen molar-refractivity contribution in [1.82, 2.24) is 0 Å². The summed E-state index contributed by atoms with van der Waals surface area (Å²) in [4.78, 5) is 0. The highest BCUT2D eigenvalue weighted by Crippen LogP contribution is 2.12. The lowest BCUT2D eigenvalue weighted by molar-refractivity contribution is 0.126. The molecule has 3 nitrogen and oxygen atoms in total. The molecule has 1 aromatic rings. The maximum absolute atomic E-state index is 11.8. The molecule has 0 aromatic heterocycles. The Balaban J connectivity index is 2.31. The van der Waals surface area contributed by atoms with Crippen molar-refractivity contribution in [1.29, 1.82) is 5.26 Å². The molecule has 1 rings (SSSR count). The zero-order valence-electron chi connectivity index (χ0n) is 8.99. The Hall–Kier alpha value is -1.60. The van der Waals surface area contributed by atoms with Gasteiger partial charge in [0.15, 0.2) is 0 Å². The molecule has 0 N–H and O–H groups in total. The molecule has 0 aliphatic heterocycles. The third-order valence-corrected chi connectivity index (χ3v) is 1.90. The number of hydrogen-bond donors (Lipinski definition) is 0. The molecule has 0 fully saturated rings. The van der Waals surface area contributed by atoms with Gasteiger partial charge in [-0.3, -0.25) is 0 Å². The summed E-state index contributed by atoms with van der Waals surface area (Å²) in [5, 5.41) is 8.31. The lowest BCUT2D eigenvalue weighted by Crippen LogP contribution is -1.99. The molecular weight excluding hydrogens is 209 g/mol. The van der Waals surface area contributed by atoms with Gasteiger partial charge < -0.3 is 9.47 Å². The summed E-state index contributed by atoms with van der Waals surface area (Å²) < 4.78 is 22.2. The smallest absolute Gasteiger partial charge is 0.123 e. The molecule has 0 aliphatic carbocycles. The summed E-state index contributed by atoms with van der Waals surface area (Å²) in [6.07, 6.45) is 0.400. The van der Waals surface area contributed by atoms with Crippen LogP contribution in [0.4, 0.5) is 4.39 Å². The maximum atomic E-state index is 11.8. The van der Waals surface area contributed by atoms with Crippen molar-refractivity contribution in [3.63, 3.8) is 0 Å². The van der Waals surface area contributed by atoms with Gasteiger partial charge in [-0.1, -0.05) is 12.1 Å². The van der Waals surface area contributed by atoms with Gasteiger partial charge in [0.05, 0.1) is 25.7 Å². The van der Waals surface area contributed by atoms with Crippen molar-refractivity contribution in [2.75, 3.05) is 19.9 Å². The minimum absolute atomic E-state index is 0.0814. The first-order chi connectivity index (χ1) is 7.86. The van der Waals surface area contributed by atoms with Crippen molar-refractivity contribution < 1.29 is 13.9 Å². The van der Waals surface area contributed by atoms with E-state index < -0.39 is 6.67 Å². The van der Waals surface area contributed by atoms with Crippen LogP contribution in [-0.2, 0) is 11.3 Å². The molecule has 0 saturated heterocycles. The standard InChI is InChI=1S/C12H14FNO2/c13-6-9-16-12-4-2-11(3-5-12)10-15-8-1-7-14/h2-5H,1,6,8-10H2. The second kappa shape index (κ2) is 7.66. The van der Waals surface area contributed by atoms with Gasteiger partial charge in [0.2, 0.25) is 0 Å². The highest BCUT2D eigenvalue weighted by molar-refractivity contribution is 5.26. The van der Waals surface area contributed by atoms with E-state index in [0.717, 1.165) is 5.56 Å². The number of nitrogens with zero attached hydrogens (tertiary/aromatic N) is 1. The monoisotopic (exact) mass is 223 g/mol. The van der Waals surface area contributed by atoms with Crippen LogP contribution >= 0.6 is 0 Å². The molecule has 0 atom stereocenters. The fourth-order valence-corrected chi connectivity index (χ4v) is 1.15. The molecular formula is C12H14FNO2. The number of ether oxygens (including phenoxy) is 2. The van der Waals surface area contributed by atoms with Crippen molar-refractivity contribution in [2.24, 2.45) is 0 Å². The van der Waals surface area contributed by atoms with Crippen LogP contribution in [0.2, 0.25) is 0 Å². The third-order valence-electron chi connectivity index (χ3n) is 1.90. The SMILES string of the molecule is N#CCCOCc1ccc(OCCF)cc1. The quantitative estimate of drug-likeness (QED) is 0.667. The van der Waals surface area contributed by atoms with Crippen LogP contribution in [0.15, 0.2) is 24.3 Å². The largest absolute Gasteiger partial charge is 0.491 e. The van der Waals surface area contributed by atoms with E-state index in [9.17, 15) is 4.39 Å². The second-order valence-electron chi connectivity index (χ2n) is 3.14. The Morgan fingerprint density at radius 1 is 1.19 bits per heavy atom. The molecule has 0 radical (unpaired) electrons. The van der Waals surface area contributed by atoms with E-state index in [4.69, 9.17) is 14.7 Å². The Morgan fingerprint density at radius 2 is 1.94 bits per heavy atom. The fourth-order valence-electron chi connectivity index (χ4n) is 1.15. The van der Waals surface area contributed by atoms with Crippen molar-refractivity contribution >= 4 is 0 Å². The van der Waals surface area contributed by atoms with Gasteiger partial charge in [0, 0.05) is 0 Å². The number of rotatable bonds is 7. The number of hydrogen-bond acceptors (Lipinski definition) is 3. The summed E-state index contributed by atoms with van der Waals surface area (Å²) >= 11 is 0. The topological polar surface area (TPSA) is 42.2 Å². The highest BCUT2D eigenvalue weighted by atomic mass is 19.1. The Labute approximate surface area is 94.4 Å². The number of alkyl halides is 1. The summed E-state index contributed by atoms with van der Waals surface area (Å²) in [6, 6.07) is 9.28. The predicted octanol–water partition coefficient (Wildman–Crippen LogP) is 2.47. The minimum Gasteiger partial charge on any atom is -0.491 e. The Kier molecular flexibility index (Phi) is 5.97. The first-order valence-electron chi connectivity index (χ1n) is 5.09.